The highest BCUT2D eigenvalue weighted by Gasteiger charge is 2.58. The van der Waals surface area contributed by atoms with Crippen molar-refractivity contribution in [3.8, 4) is 0 Å². The highest BCUT2D eigenvalue weighted by atomic mass is 16.6. The quantitative estimate of drug-likeness (QED) is 0.156. The normalized spacial score (nSPS) is 22.6. The molecule has 4 nitrogen and oxygen atoms in total. The zero-order valence-corrected chi connectivity index (χ0v) is 21.5. The van der Waals surface area contributed by atoms with E-state index in [1.165, 1.54) is 32.1 Å². The SMILES string of the molecule is CC(C)CCCCCOC(=O)C1(C(=O)OCCCCCC(C)C)CCCC2CCCCC21. The van der Waals surface area contributed by atoms with Crippen LogP contribution in [0.25, 0.3) is 0 Å². The fraction of sp³-hybridized carbons (Fsp3) is 0.929. The monoisotopic (exact) mass is 450 g/mol. The molecule has 0 aromatic rings. The molecule has 0 N–H and O–H groups in total. The molecule has 2 saturated carbocycles. The topological polar surface area (TPSA) is 52.6 Å². The minimum Gasteiger partial charge on any atom is -0.465 e. The van der Waals surface area contributed by atoms with E-state index in [1.54, 1.807) is 0 Å². The van der Waals surface area contributed by atoms with Gasteiger partial charge in [-0.3, -0.25) is 9.59 Å². The van der Waals surface area contributed by atoms with Crippen molar-refractivity contribution < 1.29 is 19.1 Å². The Morgan fingerprint density at radius 1 is 0.719 bits per heavy atom. The summed E-state index contributed by atoms with van der Waals surface area (Å²) in [6.07, 6.45) is 15.8. The van der Waals surface area contributed by atoms with E-state index in [0.717, 1.165) is 57.8 Å². The van der Waals surface area contributed by atoms with Gasteiger partial charge in [0.15, 0.2) is 5.41 Å². The first-order valence-corrected chi connectivity index (χ1v) is 13.7. The van der Waals surface area contributed by atoms with E-state index in [2.05, 4.69) is 27.7 Å². The highest BCUT2D eigenvalue weighted by Crippen LogP contribution is 2.52. The summed E-state index contributed by atoms with van der Waals surface area (Å²) in [5.74, 6) is 1.42. The standard InChI is InChI=1S/C28H50O4/c1-22(2)14-7-5-11-20-31-26(29)28(19-13-17-24-16-9-10-18-25(24)28)27(30)32-21-12-6-8-15-23(3)4/h22-25H,5-21H2,1-4H3. The molecule has 2 fully saturated rings. The van der Waals surface area contributed by atoms with Crippen molar-refractivity contribution in [1.82, 2.24) is 0 Å². The highest BCUT2D eigenvalue weighted by molar-refractivity contribution is 6.00. The Bertz CT molecular complexity index is 520. The summed E-state index contributed by atoms with van der Waals surface area (Å²) in [5.41, 5.74) is -1.06. The van der Waals surface area contributed by atoms with E-state index in [1.807, 2.05) is 0 Å². The number of carbonyl (C=O) groups is 2. The van der Waals surface area contributed by atoms with Gasteiger partial charge in [0.2, 0.25) is 0 Å². The number of rotatable bonds is 14. The number of unbranched alkanes of at least 4 members (excludes halogenated alkanes) is 4. The Morgan fingerprint density at radius 2 is 1.22 bits per heavy atom. The fourth-order valence-electron chi connectivity index (χ4n) is 5.87. The summed E-state index contributed by atoms with van der Waals surface area (Å²) in [5, 5.41) is 0. The second-order valence-electron chi connectivity index (χ2n) is 11.3. The van der Waals surface area contributed by atoms with Crippen LogP contribution in [0, 0.1) is 29.1 Å². The van der Waals surface area contributed by atoms with Gasteiger partial charge in [-0.1, -0.05) is 98.3 Å². The van der Waals surface area contributed by atoms with Crippen LogP contribution >= 0.6 is 0 Å². The van der Waals surface area contributed by atoms with Crippen molar-refractivity contribution >= 4 is 11.9 Å². The molecule has 0 spiro atoms. The second kappa shape index (κ2) is 14.3. The van der Waals surface area contributed by atoms with Crippen LogP contribution in [0.4, 0.5) is 0 Å². The third-order valence-electron chi connectivity index (χ3n) is 7.73. The fourth-order valence-corrected chi connectivity index (χ4v) is 5.87. The van der Waals surface area contributed by atoms with Gasteiger partial charge < -0.3 is 9.47 Å². The van der Waals surface area contributed by atoms with Crippen molar-refractivity contribution in [2.75, 3.05) is 13.2 Å². The van der Waals surface area contributed by atoms with Crippen LogP contribution in [-0.2, 0) is 19.1 Å². The van der Waals surface area contributed by atoms with E-state index >= 15 is 0 Å². The maximum atomic E-state index is 13.4. The van der Waals surface area contributed by atoms with Gasteiger partial charge in [0, 0.05) is 0 Å². The van der Waals surface area contributed by atoms with Crippen molar-refractivity contribution in [2.24, 2.45) is 29.1 Å². The molecule has 0 amide bonds. The minimum absolute atomic E-state index is 0.104. The molecule has 0 saturated heterocycles. The molecule has 0 aromatic heterocycles. The van der Waals surface area contributed by atoms with E-state index in [4.69, 9.17) is 9.47 Å². The van der Waals surface area contributed by atoms with Crippen LogP contribution in [0.3, 0.4) is 0 Å². The molecule has 0 aromatic carbocycles. The molecule has 2 rings (SSSR count). The smallest absolute Gasteiger partial charge is 0.323 e. The molecule has 2 aliphatic rings. The number of fused-ring (bicyclic) bond motifs is 1. The van der Waals surface area contributed by atoms with Gasteiger partial charge in [0.1, 0.15) is 0 Å². The van der Waals surface area contributed by atoms with Crippen LogP contribution in [0.1, 0.15) is 124 Å². The van der Waals surface area contributed by atoms with Gasteiger partial charge in [-0.15, -0.1) is 0 Å². The van der Waals surface area contributed by atoms with Gasteiger partial charge >= 0.3 is 11.9 Å². The van der Waals surface area contributed by atoms with Crippen LogP contribution in [0.2, 0.25) is 0 Å². The Kier molecular flexibility index (Phi) is 12.1. The van der Waals surface area contributed by atoms with Gasteiger partial charge in [-0.2, -0.15) is 0 Å². The zero-order chi connectivity index (χ0) is 23.4. The summed E-state index contributed by atoms with van der Waals surface area (Å²) in [6, 6.07) is 0. The van der Waals surface area contributed by atoms with Crippen molar-refractivity contribution in [2.45, 2.75) is 124 Å². The number of carbonyl (C=O) groups excluding carboxylic acids is 2. The lowest BCUT2D eigenvalue weighted by Crippen LogP contribution is -2.53. The summed E-state index contributed by atoms with van der Waals surface area (Å²) in [4.78, 5) is 26.9. The van der Waals surface area contributed by atoms with Gasteiger partial charge in [0.25, 0.3) is 0 Å². The third kappa shape index (κ3) is 8.06. The molecular weight excluding hydrogens is 400 g/mol. The van der Waals surface area contributed by atoms with Crippen molar-refractivity contribution in [3.63, 3.8) is 0 Å². The summed E-state index contributed by atoms with van der Waals surface area (Å²) in [6.45, 7) is 9.82. The lowest BCUT2D eigenvalue weighted by Gasteiger charge is -2.46. The second-order valence-corrected chi connectivity index (χ2v) is 11.3. The van der Waals surface area contributed by atoms with E-state index in [-0.39, 0.29) is 17.9 Å². The summed E-state index contributed by atoms with van der Waals surface area (Å²) in [7, 11) is 0. The predicted octanol–water partition coefficient (Wildman–Crippen LogP) is 7.48. The first kappa shape index (κ1) is 27.2. The first-order valence-electron chi connectivity index (χ1n) is 13.7. The number of esters is 2. The van der Waals surface area contributed by atoms with E-state index < -0.39 is 5.41 Å². The molecule has 0 bridgehead atoms. The molecule has 2 aliphatic carbocycles. The molecule has 4 heteroatoms. The number of hydrogen-bond acceptors (Lipinski definition) is 4. The van der Waals surface area contributed by atoms with Gasteiger partial charge in [-0.05, 0) is 49.4 Å². The Hall–Kier alpha value is -1.06. The van der Waals surface area contributed by atoms with E-state index in [9.17, 15) is 9.59 Å². The third-order valence-corrected chi connectivity index (χ3v) is 7.73. The maximum Gasteiger partial charge on any atom is 0.323 e. The van der Waals surface area contributed by atoms with Crippen LogP contribution < -0.4 is 0 Å². The average molecular weight is 451 g/mol. The predicted molar refractivity (Wildman–Crippen MR) is 130 cm³/mol. The van der Waals surface area contributed by atoms with Crippen molar-refractivity contribution in [3.05, 3.63) is 0 Å². The van der Waals surface area contributed by atoms with Gasteiger partial charge in [0.05, 0.1) is 13.2 Å². The molecule has 0 radical (unpaired) electrons. The lowest BCUT2D eigenvalue weighted by molar-refractivity contribution is -0.184. The number of hydrogen-bond donors (Lipinski definition) is 0. The molecule has 0 heterocycles. The van der Waals surface area contributed by atoms with Crippen LogP contribution in [0.15, 0.2) is 0 Å². The van der Waals surface area contributed by atoms with Crippen molar-refractivity contribution in [1.29, 1.82) is 0 Å². The van der Waals surface area contributed by atoms with Gasteiger partial charge in [-0.25, -0.2) is 0 Å². The molecule has 2 unspecified atom stereocenters. The Morgan fingerprint density at radius 3 is 1.75 bits per heavy atom. The summed E-state index contributed by atoms with van der Waals surface area (Å²) >= 11 is 0. The maximum absolute atomic E-state index is 13.4. The Balaban J connectivity index is 1.94. The molecule has 0 aliphatic heterocycles. The Labute approximate surface area is 197 Å². The molecule has 32 heavy (non-hydrogen) atoms. The van der Waals surface area contributed by atoms with Crippen LogP contribution in [-0.4, -0.2) is 25.2 Å². The molecule has 186 valence electrons. The zero-order valence-electron chi connectivity index (χ0n) is 21.5. The minimum atomic E-state index is -1.06. The molecular formula is C28H50O4. The van der Waals surface area contributed by atoms with E-state index in [0.29, 0.717) is 37.4 Å². The summed E-state index contributed by atoms with van der Waals surface area (Å²) < 4.78 is 11.6. The van der Waals surface area contributed by atoms with Crippen LogP contribution in [0.5, 0.6) is 0 Å². The number of ether oxygens (including phenoxy) is 2. The first-order chi connectivity index (χ1) is 15.4. The lowest BCUT2D eigenvalue weighted by atomic mass is 9.57. The molecule has 2 atom stereocenters. The average Bonchev–Trinajstić information content (AvgIpc) is 2.77. The largest absolute Gasteiger partial charge is 0.465 e.